The SMILES string of the molecule is CC(=O)Nc1nc(C)c(-c2cnc(Cl)c(NS(=O)(=O)c3ccc([N+](=O)[O-])cc3)c2)s1. The second kappa shape index (κ2) is 8.34. The Kier molecular flexibility index (Phi) is 6.01. The van der Waals surface area contributed by atoms with Gasteiger partial charge in [0.05, 0.1) is 26.1 Å². The highest BCUT2D eigenvalue weighted by Crippen LogP contribution is 2.35. The van der Waals surface area contributed by atoms with Crippen LogP contribution in [0.4, 0.5) is 16.5 Å². The van der Waals surface area contributed by atoms with Crippen molar-refractivity contribution in [2.45, 2.75) is 18.7 Å². The van der Waals surface area contributed by atoms with Crippen LogP contribution in [-0.4, -0.2) is 29.2 Å². The van der Waals surface area contributed by atoms with E-state index in [2.05, 4.69) is 20.0 Å². The first-order chi connectivity index (χ1) is 14.1. The summed E-state index contributed by atoms with van der Waals surface area (Å²) < 4.78 is 27.6. The highest BCUT2D eigenvalue weighted by molar-refractivity contribution is 7.92. The molecular formula is C17H14ClN5O5S2. The number of aromatic nitrogens is 2. The molecule has 0 radical (unpaired) electrons. The summed E-state index contributed by atoms with van der Waals surface area (Å²) in [7, 11) is -4.06. The van der Waals surface area contributed by atoms with Gasteiger partial charge in [-0.2, -0.15) is 0 Å². The number of hydrogen-bond donors (Lipinski definition) is 2. The average Bonchev–Trinajstić information content (AvgIpc) is 3.02. The number of pyridine rings is 1. The summed E-state index contributed by atoms with van der Waals surface area (Å²) in [6, 6.07) is 5.93. The number of thiazole rings is 1. The number of nitrogens with one attached hydrogen (secondary N) is 2. The zero-order valence-corrected chi connectivity index (χ0v) is 17.9. The van der Waals surface area contributed by atoms with Gasteiger partial charge < -0.3 is 5.32 Å². The third-order valence-corrected chi connectivity index (χ3v) is 6.59. The molecule has 0 aliphatic heterocycles. The molecule has 1 amide bonds. The van der Waals surface area contributed by atoms with Crippen LogP contribution in [0.5, 0.6) is 0 Å². The maximum Gasteiger partial charge on any atom is 0.269 e. The first-order valence-electron chi connectivity index (χ1n) is 8.25. The molecule has 30 heavy (non-hydrogen) atoms. The van der Waals surface area contributed by atoms with Crippen LogP contribution in [0.2, 0.25) is 5.15 Å². The molecule has 3 aromatic rings. The standard InChI is InChI=1S/C17H14ClN5O5S2/c1-9-15(29-17(20-9)21-10(2)24)11-7-14(16(18)19-8-11)22-30(27,28)13-5-3-12(4-6-13)23(25)26/h3-8,22H,1-2H3,(H,20,21,24). The van der Waals surface area contributed by atoms with Gasteiger partial charge in [-0.05, 0) is 25.1 Å². The summed E-state index contributed by atoms with van der Waals surface area (Å²) in [5.41, 5.74) is 0.970. The number of nitro benzene ring substituents is 1. The lowest BCUT2D eigenvalue weighted by atomic mass is 10.2. The monoisotopic (exact) mass is 467 g/mol. The van der Waals surface area contributed by atoms with Crippen LogP contribution in [0.1, 0.15) is 12.6 Å². The number of sulfonamides is 1. The number of hydrogen-bond acceptors (Lipinski definition) is 8. The number of carbonyl (C=O) groups excluding carboxylic acids is 1. The Morgan fingerprint density at radius 3 is 2.53 bits per heavy atom. The fraction of sp³-hybridized carbons (Fsp3) is 0.118. The predicted octanol–water partition coefficient (Wildman–Crippen LogP) is 3.83. The zero-order chi connectivity index (χ0) is 22.1. The molecule has 0 bridgehead atoms. The van der Waals surface area contributed by atoms with E-state index < -0.39 is 14.9 Å². The molecule has 0 atom stereocenters. The van der Waals surface area contributed by atoms with Crippen molar-refractivity contribution in [1.82, 2.24) is 9.97 Å². The number of carbonyl (C=O) groups is 1. The van der Waals surface area contributed by atoms with E-state index >= 15 is 0 Å². The third kappa shape index (κ3) is 4.72. The lowest BCUT2D eigenvalue weighted by Crippen LogP contribution is -2.13. The van der Waals surface area contributed by atoms with E-state index in [0.29, 0.717) is 21.3 Å². The Bertz CT molecular complexity index is 1240. The minimum Gasteiger partial charge on any atom is -0.302 e. The largest absolute Gasteiger partial charge is 0.302 e. The van der Waals surface area contributed by atoms with Gasteiger partial charge in [-0.15, -0.1) is 0 Å². The first kappa shape index (κ1) is 21.6. The van der Waals surface area contributed by atoms with Crippen molar-refractivity contribution in [2.75, 3.05) is 10.0 Å². The van der Waals surface area contributed by atoms with E-state index in [0.717, 1.165) is 24.3 Å². The molecule has 2 N–H and O–H groups in total. The maximum absolute atomic E-state index is 12.7. The second-order valence-electron chi connectivity index (χ2n) is 6.03. The van der Waals surface area contributed by atoms with Crippen molar-refractivity contribution in [3.05, 3.63) is 57.5 Å². The molecular weight excluding hydrogens is 454 g/mol. The van der Waals surface area contributed by atoms with E-state index in [1.807, 2.05) is 0 Å². The van der Waals surface area contributed by atoms with Crippen molar-refractivity contribution in [1.29, 1.82) is 0 Å². The summed E-state index contributed by atoms with van der Waals surface area (Å²) in [6.45, 7) is 3.11. The Morgan fingerprint density at radius 2 is 1.93 bits per heavy atom. The minimum absolute atomic E-state index is 0.0291. The van der Waals surface area contributed by atoms with E-state index in [1.54, 1.807) is 6.92 Å². The zero-order valence-electron chi connectivity index (χ0n) is 15.5. The summed E-state index contributed by atoms with van der Waals surface area (Å²) in [4.78, 5) is 30.1. The van der Waals surface area contributed by atoms with Crippen molar-refractivity contribution in [3.8, 4) is 10.4 Å². The average molecular weight is 468 g/mol. The Morgan fingerprint density at radius 1 is 1.27 bits per heavy atom. The van der Waals surface area contributed by atoms with Gasteiger partial charge in [0.15, 0.2) is 10.3 Å². The summed E-state index contributed by atoms with van der Waals surface area (Å²) >= 11 is 7.27. The molecule has 2 heterocycles. The highest BCUT2D eigenvalue weighted by atomic mass is 35.5. The maximum atomic E-state index is 12.7. The molecule has 0 saturated carbocycles. The van der Waals surface area contributed by atoms with Crippen LogP contribution < -0.4 is 10.0 Å². The van der Waals surface area contributed by atoms with Crippen LogP contribution >= 0.6 is 22.9 Å². The Labute approximate surface area is 180 Å². The summed E-state index contributed by atoms with van der Waals surface area (Å²) in [6.07, 6.45) is 1.46. The number of rotatable bonds is 6. The molecule has 0 aliphatic carbocycles. The van der Waals surface area contributed by atoms with Crippen molar-refractivity contribution in [3.63, 3.8) is 0 Å². The number of halogens is 1. The lowest BCUT2D eigenvalue weighted by Gasteiger charge is -2.10. The van der Waals surface area contributed by atoms with Crippen LogP contribution in [0.25, 0.3) is 10.4 Å². The molecule has 0 unspecified atom stereocenters. The Hall–Kier alpha value is -3.09. The molecule has 0 spiro atoms. The predicted molar refractivity (Wildman–Crippen MR) is 113 cm³/mol. The second-order valence-corrected chi connectivity index (χ2v) is 9.07. The number of benzene rings is 1. The number of nitro groups is 1. The van der Waals surface area contributed by atoms with Gasteiger partial charge in [0.2, 0.25) is 5.91 Å². The molecule has 13 heteroatoms. The van der Waals surface area contributed by atoms with Crippen molar-refractivity contribution in [2.24, 2.45) is 0 Å². The smallest absolute Gasteiger partial charge is 0.269 e. The highest BCUT2D eigenvalue weighted by Gasteiger charge is 2.19. The molecule has 2 aromatic heterocycles. The third-order valence-electron chi connectivity index (χ3n) is 3.78. The van der Waals surface area contributed by atoms with Gasteiger partial charge in [-0.25, -0.2) is 18.4 Å². The van der Waals surface area contributed by atoms with E-state index in [9.17, 15) is 23.3 Å². The molecule has 156 valence electrons. The normalized spacial score (nSPS) is 11.2. The minimum atomic E-state index is -4.06. The van der Waals surface area contributed by atoms with Gasteiger partial charge in [0.1, 0.15) is 0 Å². The van der Waals surface area contributed by atoms with E-state index in [-0.39, 0.29) is 27.3 Å². The van der Waals surface area contributed by atoms with Gasteiger partial charge in [-0.3, -0.25) is 19.6 Å². The summed E-state index contributed by atoms with van der Waals surface area (Å²) in [5, 5.41) is 13.7. The van der Waals surface area contributed by atoms with Crippen LogP contribution in [0.3, 0.4) is 0 Å². The molecule has 0 aliphatic rings. The quantitative estimate of drug-likeness (QED) is 0.318. The summed E-state index contributed by atoms with van der Waals surface area (Å²) in [5.74, 6) is -0.263. The van der Waals surface area contributed by atoms with Gasteiger partial charge >= 0.3 is 0 Å². The van der Waals surface area contributed by atoms with Crippen LogP contribution in [0, 0.1) is 17.0 Å². The number of anilines is 2. The molecule has 0 fully saturated rings. The number of aryl methyl sites for hydroxylation is 1. The lowest BCUT2D eigenvalue weighted by molar-refractivity contribution is -0.384. The molecule has 1 aromatic carbocycles. The van der Waals surface area contributed by atoms with Crippen molar-refractivity contribution >= 4 is 55.4 Å². The van der Waals surface area contributed by atoms with Gasteiger partial charge in [0, 0.05) is 30.8 Å². The Balaban J connectivity index is 1.93. The van der Waals surface area contributed by atoms with Gasteiger partial charge in [-0.1, -0.05) is 22.9 Å². The van der Waals surface area contributed by atoms with Crippen molar-refractivity contribution < 1.29 is 18.1 Å². The first-order valence-corrected chi connectivity index (χ1v) is 10.9. The van der Waals surface area contributed by atoms with E-state index in [4.69, 9.17) is 11.6 Å². The van der Waals surface area contributed by atoms with E-state index in [1.165, 1.54) is 30.5 Å². The number of amides is 1. The molecule has 10 nitrogen and oxygen atoms in total. The van der Waals surface area contributed by atoms with Gasteiger partial charge in [0.25, 0.3) is 15.7 Å². The fourth-order valence-corrected chi connectivity index (χ4v) is 4.72. The topological polar surface area (TPSA) is 144 Å². The molecule has 0 saturated heterocycles. The fourth-order valence-electron chi connectivity index (χ4n) is 2.46. The van der Waals surface area contributed by atoms with Crippen LogP contribution in [0.15, 0.2) is 41.4 Å². The number of non-ortho nitro benzene ring substituents is 1. The van der Waals surface area contributed by atoms with Crippen LogP contribution in [-0.2, 0) is 14.8 Å². The number of nitrogens with zero attached hydrogens (tertiary/aromatic N) is 3. The molecule has 3 rings (SSSR count).